The van der Waals surface area contributed by atoms with Gasteiger partial charge in [-0.2, -0.15) is 0 Å². The van der Waals surface area contributed by atoms with E-state index in [9.17, 15) is 9.90 Å². The Kier molecular flexibility index (Phi) is 4.63. The van der Waals surface area contributed by atoms with Gasteiger partial charge >= 0.3 is 0 Å². The topological polar surface area (TPSA) is 61.3 Å². The summed E-state index contributed by atoms with van der Waals surface area (Å²) in [5.74, 6) is -0.0376. The van der Waals surface area contributed by atoms with Gasteiger partial charge in [-0.25, -0.2) is 0 Å². The number of H-pyrrole nitrogens is 1. The molecule has 122 valence electrons. The number of hydrogen-bond donors (Lipinski definition) is 2. The zero-order valence-corrected chi connectivity index (χ0v) is 13.9. The van der Waals surface area contributed by atoms with Gasteiger partial charge in [0.2, 0.25) is 0 Å². The van der Waals surface area contributed by atoms with Crippen molar-refractivity contribution >= 4 is 18.1 Å². The third kappa shape index (κ3) is 3.23. The first-order valence-corrected chi connectivity index (χ1v) is 8.33. The zero-order valence-electron chi connectivity index (χ0n) is 13.1. The van der Waals surface area contributed by atoms with E-state index in [-0.39, 0.29) is 11.9 Å². The van der Waals surface area contributed by atoms with Gasteiger partial charge in [0.25, 0.3) is 5.91 Å². The fourth-order valence-electron chi connectivity index (χ4n) is 3.25. The van der Waals surface area contributed by atoms with E-state index in [2.05, 4.69) is 4.98 Å². The van der Waals surface area contributed by atoms with Gasteiger partial charge in [0, 0.05) is 24.5 Å². The molecule has 2 heterocycles. The number of carbonyl (C=O) groups is 1. The third-order valence-corrected chi connectivity index (χ3v) is 4.56. The molecule has 0 spiro atoms. The van der Waals surface area contributed by atoms with Gasteiger partial charge in [-0.3, -0.25) is 9.36 Å². The Balaban J connectivity index is 1.93. The second-order valence-corrected chi connectivity index (χ2v) is 6.42. The van der Waals surface area contributed by atoms with E-state index in [0.29, 0.717) is 16.9 Å². The molecule has 1 aliphatic heterocycles. The van der Waals surface area contributed by atoms with Gasteiger partial charge in [-0.15, -0.1) is 0 Å². The number of rotatable bonds is 4. The highest BCUT2D eigenvalue weighted by molar-refractivity contribution is 7.71. The summed E-state index contributed by atoms with van der Waals surface area (Å²) >= 11 is 5.34. The monoisotopic (exact) mass is 331 g/mol. The van der Waals surface area contributed by atoms with Gasteiger partial charge in [0.1, 0.15) is 5.69 Å². The number of benzene rings is 1. The number of likely N-dealkylation sites (tertiary alicyclic amines) is 1. The van der Waals surface area contributed by atoms with E-state index in [1.54, 1.807) is 17.7 Å². The number of aromatic amines is 1. The molecule has 0 radical (unpaired) electrons. The predicted molar refractivity (Wildman–Crippen MR) is 91.3 cm³/mol. The van der Waals surface area contributed by atoms with Crippen LogP contribution in [0.2, 0.25) is 0 Å². The van der Waals surface area contributed by atoms with Crippen molar-refractivity contribution in [1.82, 2.24) is 14.5 Å². The minimum Gasteiger partial charge on any atom is -0.393 e. The van der Waals surface area contributed by atoms with Gasteiger partial charge in [-0.05, 0) is 50.5 Å². The van der Waals surface area contributed by atoms with Crippen molar-refractivity contribution in [1.29, 1.82) is 0 Å². The Bertz CT molecular complexity index is 736. The molecule has 2 unspecified atom stereocenters. The van der Waals surface area contributed by atoms with Gasteiger partial charge in [-0.1, -0.05) is 18.2 Å². The maximum atomic E-state index is 13.0. The molecule has 1 aromatic heterocycles. The first-order valence-electron chi connectivity index (χ1n) is 7.93. The Hall–Kier alpha value is -1.92. The fraction of sp³-hybridized carbons (Fsp3) is 0.412. The number of aliphatic hydroxyl groups is 1. The highest BCUT2D eigenvalue weighted by atomic mass is 32.1. The van der Waals surface area contributed by atoms with Crippen molar-refractivity contribution < 1.29 is 9.90 Å². The minimum atomic E-state index is -0.407. The number of nitrogens with zero attached hydrogens (tertiary/aromatic N) is 2. The average molecular weight is 331 g/mol. The van der Waals surface area contributed by atoms with Gasteiger partial charge < -0.3 is 15.0 Å². The number of para-hydroxylation sites is 1. The number of aliphatic hydroxyl groups excluding tert-OH is 1. The van der Waals surface area contributed by atoms with Crippen molar-refractivity contribution in [3.05, 3.63) is 47.0 Å². The van der Waals surface area contributed by atoms with Crippen LogP contribution in [0.4, 0.5) is 0 Å². The summed E-state index contributed by atoms with van der Waals surface area (Å²) in [7, 11) is 0. The molecule has 2 N–H and O–H groups in total. The van der Waals surface area contributed by atoms with Crippen LogP contribution in [0.1, 0.15) is 36.7 Å². The molecule has 0 bridgehead atoms. The lowest BCUT2D eigenvalue weighted by molar-refractivity contribution is 0.0674. The zero-order chi connectivity index (χ0) is 16.4. The maximum Gasteiger partial charge on any atom is 0.272 e. The standard InChI is InChI=1S/C17H21N3O2S/c1-12(21)10-14-8-5-9-19(14)16(22)15-11-18-17(23)20(15)13-6-3-2-4-7-13/h2-4,6-7,11-12,14,21H,5,8-10H2,1H3,(H,18,23). The van der Waals surface area contributed by atoms with Crippen LogP contribution in [0, 0.1) is 4.77 Å². The lowest BCUT2D eigenvalue weighted by atomic mass is 10.1. The number of nitrogens with one attached hydrogen (secondary N) is 1. The molecule has 5 nitrogen and oxygen atoms in total. The largest absolute Gasteiger partial charge is 0.393 e. The van der Waals surface area contributed by atoms with Gasteiger partial charge in [0.05, 0.1) is 6.10 Å². The molecule has 1 aromatic carbocycles. The molecule has 23 heavy (non-hydrogen) atoms. The van der Waals surface area contributed by atoms with E-state index in [1.165, 1.54) is 0 Å². The molecular weight excluding hydrogens is 310 g/mol. The van der Waals surface area contributed by atoms with Crippen LogP contribution >= 0.6 is 12.2 Å². The van der Waals surface area contributed by atoms with E-state index < -0.39 is 6.10 Å². The summed E-state index contributed by atoms with van der Waals surface area (Å²) in [5.41, 5.74) is 1.41. The summed E-state index contributed by atoms with van der Waals surface area (Å²) < 4.78 is 2.28. The molecule has 1 aliphatic rings. The van der Waals surface area contributed by atoms with Crippen molar-refractivity contribution in [2.45, 2.75) is 38.3 Å². The van der Waals surface area contributed by atoms with Crippen LogP contribution in [-0.2, 0) is 0 Å². The highest BCUT2D eigenvalue weighted by Gasteiger charge is 2.31. The van der Waals surface area contributed by atoms with Crippen molar-refractivity contribution in [2.24, 2.45) is 0 Å². The smallest absolute Gasteiger partial charge is 0.272 e. The molecule has 3 rings (SSSR count). The Morgan fingerprint density at radius 3 is 2.87 bits per heavy atom. The molecule has 1 fully saturated rings. The maximum absolute atomic E-state index is 13.0. The molecule has 2 aromatic rings. The Morgan fingerprint density at radius 2 is 2.17 bits per heavy atom. The molecule has 1 saturated heterocycles. The Labute approximate surface area is 140 Å². The normalized spacial score (nSPS) is 19.0. The predicted octanol–water partition coefficient (Wildman–Crippen LogP) is 2.91. The second kappa shape index (κ2) is 6.68. The summed E-state index contributed by atoms with van der Waals surface area (Å²) in [6, 6.07) is 9.72. The van der Waals surface area contributed by atoms with Crippen LogP contribution in [-0.4, -0.2) is 44.2 Å². The summed E-state index contributed by atoms with van der Waals surface area (Å²) in [6.45, 7) is 2.49. The number of amides is 1. The number of hydrogen-bond acceptors (Lipinski definition) is 3. The highest BCUT2D eigenvalue weighted by Crippen LogP contribution is 2.24. The fourth-order valence-corrected chi connectivity index (χ4v) is 3.51. The summed E-state index contributed by atoms with van der Waals surface area (Å²) in [6.07, 6.45) is 3.79. The number of aromatic nitrogens is 2. The second-order valence-electron chi connectivity index (χ2n) is 6.03. The summed E-state index contributed by atoms with van der Waals surface area (Å²) in [5, 5.41) is 9.65. The number of carbonyl (C=O) groups excluding carboxylic acids is 1. The van der Waals surface area contributed by atoms with E-state index >= 15 is 0 Å². The molecule has 1 amide bonds. The quantitative estimate of drug-likeness (QED) is 0.847. The van der Waals surface area contributed by atoms with Crippen molar-refractivity contribution in [3.63, 3.8) is 0 Å². The number of imidazole rings is 1. The molecule has 0 aliphatic carbocycles. The van der Waals surface area contributed by atoms with E-state index in [0.717, 1.165) is 25.1 Å². The Morgan fingerprint density at radius 1 is 1.43 bits per heavy atom. The first kappa shape index (κ1) is 16.0. The minimum absolute atomic E-state index is 0.0376. The average Bonchev–Trinajstić information content (AvgIpc) is 3.13. The molecule has 6 heteroatoms. The van der Waals surface area contributed by atoms with Crippen molar-refractivity contribution in [2.75, 3.05) is 6.54 Å². The molecule has 2 atom stereocenters. The van der Waals surface area contributed by atoms with Gasteiger partial charge in [0.15, 0.2) is 4.77 Å². The van der Waals surface area contributed by atoms with Crippen LogP contribution in [0.5, 0.6) is 0 Å². The van der Waals surface area contributed by atoms with Crippen LogP contribution < -0.4 is 0 Å². The van der Waals surface area contributed by atoms with Crippen LogP contribution in [0.15, 0.2) is 36.5 Å². The lowest BCUT2D eigenvalue weighted by Crippen LogP contribution is -2.38. The molecule has 0 saturated carbocycles. The van der Waals surface area contributed by atoms with Crippen molar-refractivity contribution in [3.8, 4) is 5.69 Å². The SMILES string of the molecule is CC(O)CC1CCCN1C(=O)c1c[nH]c(=S)n1-c1ccccc1. The first-order chi connectivity index (χ1) is 11.1. The van der Waals surface area contributed by atoms with Crippen LogP contribution in [0.3, 0.4) is 0 Å². The summed E-state index contributed by atoms with van der Waals surface area (Å²) in [4.78, 5) is 17.8. The van der Waals surface area contributed by atoms with Crippen LogP contribution in [0.25, 0.3) is 5.69 Å². The molecular formula is C17H21N3O2S. The lowest BCUT2D eigenvalue weighted by Gasteiger charge is -2.26. The van der Waals surface area contributed by atoms with E-state index in [1.807, 2.05) is 35.2 Å². The van der Waals surface area contributed by atoms with E-state index in [4.69, 9.17) is 12.2 Å². The third-order valence-electron chi connectivity index (χ3n) is 4.26.